The summed E-state index contributed by atoms with van der Waals surface area (Å²) in [5.41, 5.74) is 24.8. The van der Waals surface area contributed by atoms with Crippen molar-refractivity contribution in [3.8, 4) is 11.1 Å². The van der Waals surface area contributed by atoms with Gasteiger partial charge in [0.2, 0.25) is 0 Å². The van der Waals surface area contributed by atoms with Gasteiger partial charge < -0.3 is 14.7 Å². The SMILES string of the molecule is CC(C)(C)c1ccc(N2c3ccc(C(C)(C)C)cc3B3c4sc5cc6c(cc5c4N(c4cccc5c4-c4ccccc4C5)c4cc(N(c5ccccc5)c5ccccc5)cc2c43)C(C)(C)CCC6(C)C)cc1. The second-order valence-corrected chi connectivity index (χ2v) is 25.5. The van der Waals surface area contributed by atoms with E-state index in [0.29, 0.717) is 0 Å². The molecule has 8 aromatic carbocycles. The number of hydrogen-bond acceptors (Lipinski definition) is 4. The Kier molecular flexibility index (Phi) is 9.92. The predicted molar refractivity (Wildman–Crippen MR) is 311 cm³/mol. The fourth-order valence-corrected chi connectivity index (χ4v) is 14.1. The van der Waals surface area contributed by atoms with Crippen LogP contribution in [-0.2, 0) is 28.1 Å². The van der Waals surface area contributed by atoms with Crippen molar-refractivity contribution in [2.75, 3.05) is 14.7 Å². The van der Waals surface area contributed by atoms with Crippen LogP contribution in [0.5, 0.6) is 0 Å². The quantitative estimate of drug-likeness (QED) is 0.159. The third kappa shape index (κ3) is 6.90. The fourth-order valence-electron chi connectivity index (χ4n) is 12.7. The van der Waals surface area contributed by atoms with Crippen molar-refractivity contribution in [3.63, 3.8) is 0 Å². The number of nitrogens with zero attached hydrogens (tertiary/aromatic N) is 3. The van der Waals surface area contributed by atoms with E-state index in [1.807, 2.05) is 11.3 Å². The molecule has 0 unspecified atom stereocenters. The molecule has 0 bridgehead atoms. The highest BCUT2D eigenvalue weighted by atomic mass is 32.1. The van der Waals surface area contributed by atoms with Crippen LogP contribution < -0.4 is 30.4 Å². The maximum absolute atomic E-state index is 2.74. The molecule has 0 fully saturated rings. The summed E-state index contributed by atoms with van der Waals surface area (Å²) in [5, 5.41) is 1.36. The second kappa shape index (κ2) is 15.8. The molecule has 3 nitrogen and oxygen atoms in total. The Morgan fingerprint density at radius 2 is 1.10 bits per heavy atom. The lowest BCUT2D eigenvalue weighted by atomic mass is 9.36. The molecular formula is C67H64BN3S. The molecule has 0 N–H and O–H groups in total. The van der Waals surface area contributed by atoms with Crippen LogP contribution in [0.1, 0.15) is 115 Å². The van der Waals surface area contributed by atoms with Crippen LogP contribution in [0.3, 0.4) is 0 Å². The Balaban J connectivity index is 1.20. The van der Waals surface area contributed by atoms with E-state index in [-0.39, 0.29) is 28.4 Å². The fraction of sp³-hybridized carbons (Fsp3) is 0.254. The number of para-hydroxylation sites is 2. The van der Waals surface area contributed by atoms with Gasteiger partial charge >= 0.3 is 0 Å². The molecule has 9 aromatic rings. The van der Waals surface area contributed by atoms with E-state index in [1.54, 1.807) is 0 Å². The maximum Gasteiger partial charge on any atom is 0.264 e. The Hall–Kier alpha value is -6.82. The average molecular weight is 954 g/mol. The number of hydrogen-bond donors (Lipinski definition) is 0. The highest BCUT2D eigenvalue weighted by Gasteiger charge is 2.48. The minimum Gasteiger partial charge on any atom is -0.311 e. The Bertz CT molecular complexity index is 3610. The first kappa shape index (κ1) is 45.1. The summed E-state index contributed by atoms with van der Waals surface area (Å²) in [6.07, 6.45) is 3.28. The molecule has 0 saturated carbocycles. The van der Waals surface area contributed by atoms with Gasteiger partial charge in [-0.15, -0.1) is 11.3 Å². The van der Waals surface area contributed by atoms with Crippen molar-refractivity contribution < 1.29 is 0 Å². The minimum atomic E-state index is -0.0506. The van der Waals surface area contributed by atoms with Crippen molar-refractivity contribution in [1.82, 2.24) is 0 Å². The van der Waals surface area contributed by atoms with E-state index < -0.39 is 0 Å². The summed E-state index contributed by atoms with van der Waals surface area (Å²) in [5.74, 6) is 0. The first-order chi connectivity index (χ1) is 34.5. The van der Waals surface area contributed by atoms with E-state index in [9.17, 15) is 0 Å². The summed E-state index contributed by atoms with van der Waals surface area (Å²) in [6, 6.07) is 65.4. The lowest BCUT2D eigenvalue weighted by molar-refractivity contribution is 0.332. The lowest BCUT2D eigenvalue weighted by Gasteiger charge is -2.45. The standard InChI is InChI=1S/C67H64BN3S/c1-64(2,3)44-28-31-48(32-29-44)70-55-33-30-45(65(4,5)6)37-54(55)68-61-57(70)38-49(69(46-22-13-11-14-23-46)47-24-15-12-16-25-47)39-58(61)71(56-27-19-21-43-36-42-20-17-18-26-50(42)60(43)56)62-51-40-52-53(41-59(51)72-63(62)68)67(9,10)35-34-66(52,7)8/h11-33,37-41H,34-36H2,1-10H3. The third-order valence-corrected chi connectivity index (χ3v) is 18.0. The topological polar surface area (TPSA) is 9.72 Å². The van der Waals surface area contributed by atoms with Crippen molar-refractivity contribution in [3.05, 3.63) is 203 Å². The normalized spacial score (nSPS) is 15.9. The van der Waals surface area contributed by atoms with Gasteiger partial charge in [0.25, 0.3) is 6.71 Å². The van der Waals surface area contributed by atoms with E-state index >= 15 is 0 Å². The van der Waals surface area contributed by atoms with Crippen LogP contribution in [0.4, 0.5) is 51.2 Å². The van der Waals surface area contributed by atoms with E-state index in [2.05, 4.69) is 254 Å². The van der Waals surface area contributed by atoms with Crippen molar-refractivity contribution in [2.45, 2.75) is 110 Å². The minimum absolute atomic E-state index is 0.0147. The molecule has 72 heavy (non-hydrogen) atoms. The first-order valence-electron chi connectivity index (χ1n) is 26.2. The van der Waals surface area contributed by atoms with E-state index in [1.165, 1.54) is 112 Å². The van der Waals surface area contributed by atoms with Gasteiger partial charge in [0.1, 0.15) is 0 Å². The van der Waals surface area contributed by atoms with E-state index in [4.69, 9.17) is 0 Å². The molecule has 4 aliphatic rings. The average Bonchev–Trinajstić information content (AvgIpc) is 3.94. The lowest BCUT2D eigenvalue weighted by Crippen LogP contribution is -2.60. The molecule has 3 heterocycles. The highest BCUT2D eigenvalue weighted by Crippen LogP contribution is 2.56. The summed E-state index contributed by atoms with van der Waals surface area (Å²) in [7, 11) is 0. The molecule has 0 amide bonds. The number of anilines is 9. The zero-order chi connectivity index (χ0) is 49.6. The van der Waals surface area contributed by atoms with Crippen LogP contribution in [-0.4, -0.2) is 6.71 Å². The van der Waals surface area contributed by atoms with Crippen LogP contribution in [0.15, 0.2) is 170 Å². The van der Waals surface area contributed by atoms with Gasteiger partial charge in [-0.25, -0.2) is 0 Å². The Morgan fingerprint density at radius 1 is 0.514 bits per heavy atom. The first-order valence-corrected chi connectivity index (χ1v) is 27.0. The Labute approximate surface area is 431 Å². The molecule has 0 saturated heterocycles. The van der Waals surface area contributed by atoms with Gasteiger partial charge in [0.15, 0.2) is 0 Å². The van der Waals surface area contributed by atoms with E-state index in [0.717, 1.165) is 29.2 Å². The molecule has 0 radical (unpaired) electrons. The summed E-state index contributed by atoms with van der Waals surface area (Å²) in [4.78, 5) is 7.82. The number of fused-ring (bicyclic) bond motifs is 10. The predicted octanol–water partition coefficient (Wildman–Crippen LogP) is 17.0. The third-order valence-electron chi connectivity index (χ3n) is 16.8. The molecule has 13 rings (SSSR count). The van der Waals surface area contributed by atoms with Gasteiger partial charge in [-0.05, 0) is 164 Å². The Morgan fingerprint density at radius 3 is 1.75 bits per heavy atom. The zero-order valence-electron chi connectivity index (χ0n) is 43.6. The molecule has 5 heteroatoms. The molecule has 356 valence electrons. The van der Waals surface area contributed by atoms with Gasteiger partial charge in [0, 0.05) is 54.6 Å². The smallest absolute Gasteiger partial charge is 0.264 e. The molecule has 0 atom stereocenters. The van der Waals surface area contributed by atoms with Crippen LogP contribution >= 0.6 is 11.3 Å². The van der Waals surface area contributed by atoms with Crippen molar-refractivity contribution in [2.24, 2.45) is 0 Å². The number of thiophene rings is 1. The zero-order valence-corrected chi connectivity index (χ0v) is 44.4. The molecule has 2 aliphatic carbocycles. The van der Waals surface area contributed by atoms with Crippen molar-refractivity contribution >= 4 is 95.0 Å². The molecule has 0 spiro atoms. The molecular weight excluding hydrogens is 890 g/mol. The second-order valence-electron chi connectivity index (χ2n) is 24.5. The number of rotatable bonds is 5. The van der Waals surface area contributed by atoms with Gasteiger partial charge in [0.05, 0.1) is 17.1 Å². The van der Waals surface area contributed by atoms with Crippen LogP contribution in [0.2, 0.25) is 0 Å². The van der Waals surface area contributed by atoms with Crippen LogP contribution in [0.25, 0.3) is 21.2 Å². The van der Waals surface area contributed by atoms with Gasteiger partial charge in [-0.1, -0.05) is 166 Å². The monoisotopic (exact) mass is 953 g/mol. The molecule has 2 aliphatic heterocycles. The van der Waals surface area contributed by atoms with Gasteiger partial charge in [-0.2, -0.15) is 0 Å². The van der Waals surface area contributed by atoms with Crippen molar-refractivity contribution in [1.29, 1.82) is 0 Å². The summed E-state index contributed by atoms with van der Waals surface area (Å²) in [6.45, 7) is 23.9. The number of benzene rings is 8. The van der Waals surface area contributed by atoms with Gasteiger partial charge in [-0.3, -0.25) is 0 Å². The summed E-state index contributed by atoms with van der Waals surface area (Å²) < 4.78 is 2.80. The summed E-state index contributed by atoms with van der Waals surface area (Å²) >= 11 is 2.04. The molecule has 1 aromatic heterocycles. The largest absolute Gasteiger partial charge is 0.311 e. The highest BCUT2D eigenvalue weighted by molar-refractivity contribution is 7.33. The maximum atomic E-state index is 2.74. The van der Waals surface area contributed by atoms with Crippen LogP contribution in [0, 0.1) is 0 Å².